The van der Waals surface area contributed by atoms with Crippen LogP contribution in [0.4, 0.5) is 0 Å². The Morgan fingerprint density at radius 3 is 2.50 bits per heavy atom. The van der Waals surface area contributed by atoms with Crippen molar-refractivity contribution in [3.05, 3.63) is 62.6 Å². The molecule has 114 valence electrons. The third-order valence-electron chi connectivity index (χ3n) is 3.72. The Morgan fingerprint density at radius 1 is 1.18 bits per heavy atom. The molecule has 0 aliphatic rings. The van der Waals surface area contributed by atoms with Crippen LogP contribution in [-0.4, -0.2) is 19.1 Å². The maximum Gasteiger partial charge on any atom is 0.330 e. The quantitative estimate of drug-likeness (QED) is 0.801. The van der Waals surface area contributed by atoms with Gasteiger partial charge in [0.05, 0.1) is 6.54 Å². The third kappa shape index (κ3) is 2.26. The van der Waals surface area contributed by atoms with E-state index in [1.807, 2.05) is 41.8 Å². The van der Waals surface area contributed by atoms with Crippen molar-refractivity contribution >= 4 is 11.2 Å². The number of aryl methyl sites for hydroxylation is 1. The van der Waals surface area contributed by atoms with Crippen molar-refractivity contribution in [1.82, 2.24) is 19.1 Å². The van der Waals surface area contributed by atoms with E-state index < -0.39 is 5.69 Å². The number of nitrogens with zero attached hydrogens (tertiary/aromatic N) is 3. The van der Waals surface area contributed by atoms with Gasteiger partial charge in [-0.15, -0.1) is 0 Å². The van der Waals surface area contributed by atoms with Crippen LogP contribution in [0.1, 0.15) is 31.3 Å². The maximum atomic E-state index is 12.5. The number of H-pyrrole nitrogens is 1. The van der Waals surface area contributed by atoms with E-state index in [1.165, 1.54) is 4.57 Å². The van der Waals surface area contributed by atoms with E-state index in [-0.39, 0.29) is 11.6 Å². The summed E-state index contributed by atoms with van der Waals surface area (Å²) in [4.78, 5) is 31.8. The van der Waals surface area contributed by atoms with Crippen molar-refractivity contribution in [3.63, 3.8) is 0 Å². The highest BCUT2D eigenvalue weighted by Gasteiger charge is 2.16. The molecule has 22 heavy (non-hydrogen) atoms. The number of aromatic amines is 1. The van der Waals surface area contributed by atoms with Gasteiger partial charge in [0, 0.05) is 6.04 Å². The van der Waals surface area contributed by atoms with E-state index in [4.69, 9.17) is 0 Å². The van der Waals surface area contributed by atoms with Gasteiger partial charge in [0.15, 0.2) is 5.52 Å². The number of fused-ring (bicyclic) bond motifs is 1. The summed E-state index contributed by atoms with van der Waals surface area (Å²) in [7, 11) is 0. The van der Waals surface area contributed by atoms with Crippen molar-refractivity contribution in [2.45, 2.75) is 33.4 Å². The third-order valence-corrected chi connectivity index (χ3v) is 3.72. The van der Waals surface area contributed by atoms with Crippen molar-refractivity contribution in [2.75, 3.05) is 0 Å². The summed E-state index contributed by atoms with van der Waals surface area (Å²) in [6, 6.07) is 9.65. The second kappa shape index (κ2) is 5.29. The molecule has 2 aromatic heterocycles. The molecular formula is C16H18N4O2. The molecule has 0 aliphatic heterocycles. The largest absolute Gasteiger partial charge is 0.330 e. The molecule has 2 heterocycles. The number of nitrogens with one attached hydrogen (secondary N) is 1. The molecule has 1 aromatic carbocycles. The molecule has 3 aromatic rings. The van der Waals surface area contributed by atoms with Crippen LogP contribution in [0.25, 0.3) is 11.2 Å². The molecular weight excluding hydrogens is 280 g/mol. The number of rotatable bonds is 3. The zero-order chi connectivity index (χ0) is 15.9. The summed E-state index contributed by atoms with van der Waals surface area (Å²) in [5, 5.41) is 0. The highest BCUT2D eigenvalue weighted by atomic mass is 16.2. The molecule has 6 heteroatoms. The van der Waals surface area contributed by atoms with Gasteiger partial charge in [-0.1, -0.05) is 30.3 Å². The van der Waals surface area contributed by atoms with Gasteiger partial charge in [0.25, 0.3) is 5.56 Å². The standard InChI is InChI=1S/C16H18N4O2/c1-10(2)20-15(21)13-14(18-16(20)22)19(11(3)17-13)9-12-7-5-4-6-8-12/h4-8,10H,9H2,1-3H3,(H,18,22). The fraction of sp³-hybridized carbons (Fsp3) is 0.312. The van der Waals surface area contributed by atoms with Crippen LogP contribution in [0.15, 0.2) is 39.9 Å². The van der Waals surface area contributed by atoms with Crippen molar-refractivity contribution < 1.29 is 0 Å². The first-order chi connectivity index (χ1) is 10.5. The molecule has 0 saturated heterocycles. The van der Waals surface area contributed by atoms with E-state index in [0.29, 0.717) is 23.5 Å². The van der Waals surface area contributed by atoms with E-state index >= 15 is 0 Å². The minimum absolute atomic E-state index is 0.208. The number of benzene rings is 1. The Hall–Kier alpha value is -2.63. The fourth-order valence-corrected chi connectivity index (χ4v) is 2.64. The van der Waals surface area contributed by atoms with E-state index in [0.717, 1.165) is 5.56 Å². The Morgan fingerprint density at radius 2 is 1.86 bits per heavy atom. The average molecular weight is 298 g/mol. The SMILES string of the molecule is Cc1nc2c(=O)n(C(C)C)c(=O)[nH]c2n1Cc1ccccc1. The van der Waals surface area contributed by atoms with Crippen LogP contribution in [0.5, 0.6) is 0 Å². The summed E-state index contributed by atoms with van der Waals surface area (Å²) in [5.41, 5.74) is 1.12. The van der Waals surface area contributed by atoms with E-state index in [9.17, 15) is 9.59 Å². The molecule has 0 aliphatic carbocycles. The van der Waals surface area contributed by atoms with E-state index in [2.05, 4.69) is 9.97 Å². The lowest BCUT2D eigenvalue weighted by atomic mass is 10.2. The number of hydrogen-bond acceptors (Lipinski definition) is 3. The number of hydrogen-bond donors (Lipinski definition) is 1. The van der Waals surface area contributed by atoms with Crippen LogP contribution in [-0.2, 0) is 6.54 Å². The Kier molecular flexibility index (Phi) is 3.44. The first-order valence-corrected chi connectivity index (χ1v) is 7.24. The number of imidazole rings is 1. The zero-order valence-electron chi connectivity index (χ0n) is 12.8. The highest BCUT2D eigenvalue weighted by molar-refractivity contribution is 5.70. The Labute approximate surface area is 127 Å². The molecule has 0 radical (unpaired) electrons. The van der Waals surface area contributed by atoms with Crippen LogP contribution < -0.4 is 11.2 Å². The van der Waals surface area contributed by atoms with Gasteiger partial charge in [-0.05, 0) is 26.3 Å². The molecule has 3 rings (SSSR count). The fourth-order valence-electron chi connectivity index (χ4n) is 2.64. The molecule has 0 unspecified atom stereocenters. The Balaban J connectivity index is 2.23. The van der Waals surface area contributed by atoms with Gasteiger partial charge in [-0.25, -0.2) is 9.78 Å². The van der Waals surface area contributed by atoms with Crippen molar-refractivity contribution in [1.29, 1.82) is 0 Å². The summed E-state index contributed by atoms with van der Waals surface area (Å²) in [6.45, 7) is 6.00. The summed E-state index contributed by atoms with van der Waals surface area (Å²) >= 11 is 0. The monoisotopic (exact) mass is 298 g/mol. The van der Waals surface area contributed by atoms with Gasteiger partial charge in [-0.2, -0.15) is 0 Å². The molecule has 0 atom stereocenters. The lowest BCUT2D eigenvalue weighted by molar-refractivity contribution is 0.550. The second-order valence-corrected chi connectivity index (χ2v) is 5.63. The van der Waals surface area contributed by atoms with Gasteiger partial charge in [0.1, 0.15) is 11.5 Å². The van der Waals surface area contributed by atoms with Gasteiger partial charge >= 0.3 is 5.69 Å². The maximum absolute atomic E-state index is 12.5. The van der Waals surface area contributed by atoms with Gasteiger partial charge < -0.3 is 4.57 Å². The normalized spacial score (nSPS) is 11.5. The minimum atomic E-state index is -0.401. The lowest BCUT2D eigenvalue weighted by Crippen LogP contribution is -2.36. The summed E-state index contributed by atoms with van der Waals surface area (Å²) in [6.07, 6.45) is 0. The predicted molar refractivity (Wildman–Crippen MR) is 85.3 cm³/mol. The predicted octanol–water partition coefficient (Wildman–Crippen LogP) is 1.82. The van der Waals surface area contributed by atoms with Gasteiger partial charge in [-0.3, -0.25) is 14.3 Å². The molecule has 0 spiro atoms. The second-order valence-electron chi connectivity index (χ2n) is 5.63. The lowest BCUT2D eigenvalue weighted by Gasteiger charge is -2.09. The smallest absolute Gasteiger partial charge is 0.310 e. The average Bonchev–Trinajstić information content (AvgIpc) is 2.77. The molecule has 1 N–H and O–H groups in total. The molecule has 0 bridgehead atoms. The molecule has 0 saturated carbocycles. The Bertz CT molecular complexity index is 932. The van der Waals surface area contributed by atoms with Crippen LogP contribution in [0.2, 0.25) is 0 Å². The molecule has 0 fully saturated rings. The van der Waals surface area contributed by atoms with Gasteiger partial charge in [0.2, 0.25) is 0 Å². The van der Waals surface area contributed by atoms with Crippen molar-refractivity contribution in [3.8, 4) is 0 Å². The zero-order valence-corrected chi connectivity index (χ0v) is 12.8. The first kappa shape index (κ1) is 14.3. The summed E-state index contributed by atoms with van der Waals surface area (Å²) in [5.74, 6) is 0.702. The van der Waals surface area contributed by atoms with Crippen molar-refractivity contribution in [2.24, 2.45) is 0 Å². The first-order valence-electron chi connectivity index (χ1n) is 7.24. The van der Waals surface area contributed by atoms with E-state index in [1.54, 1.807) is 13.8 Å². The summed E-state index contributed by atoms with van der Waals surface area (Å²) < 4.78 is 3.06. The minimum Gasteiger partial charge on any atom is -0.310 e. The highest BCUT2D eigenvalue weighted by Crippen LogP contribution is 2.12. The topological polar surface area (TPSA) is 72.7 Å². The van der Waals surface area contributed by atoms with Crippen LogP contribution in [0.3, 0.4) is 0 Å². The molecule has 0 amide bonds. The van der Waals surface area contributed by atoms with Crippen LogP contribution >= 0.6 is 0 Å². The number of aromatic nitrogens is 4. The van der Waals surface area contributed by atoms with Crippen LogP contribution in [0, 0.1) is 6.92 Å². The molecule has 6 nitrogen and oxygen atoms in total.